The highest BCUT2D eigenvalue weighted by molar-refractivity contribution is 7.91. The number of sulfonamides is 1. The van der Waals surface area contributed by atoms with E-state index in [1.54, 1.807) is 0 Å². The number of hydrogen-bond acceptors (Lipinski definition) is 6. The number of benzene rings is 2. The summed E-state index contributed by atoms with van der Waals surface area (Å²) in [5.41, 5.74) is 5.18. The van der Waals surface area contributed by atoms with Crippen molar-refractivity contribution in [3.63, 3.8) is 0 Å². The number of halogens is 1. The zero-order valence-corrected chi connectivity index (χ0v) is 17.0. The van der Waals surface area contributed by atoms with Crippen molar-refractivity contribution in [3.8, 4) is 11.5 Å². The van der Waals surface area contributed by atoms with Crippen LogP contribution in [0.25, 0.3) is 0 Å². The van der Waals surface area contributed by atoms with Crippen molar-refractivity contribution >= 4 is 19.9 Å². The van der Waals surface area contributed by atoms with Gasteiger partial charge in [0, 0.05) is 20.6 Å². The molecule has 0 atom stereocenters. The topological polar surface area (TPSA) is 107 Å². The van der Waals surface area contributed by atoms with Gasteiger partial charge in [-0.1, -0.05) is 6.07 Å². The fourth-order valence-electron chi connectivity index (χ4n) is 2.21. The summed E-state index contributed by atoms with van der Waals surface area (Å²) in [5, 5.41) is 0. The molecular formula is C18H21FN2O5S2. The lowest BCUT2D eigenvalue weighted by atomic mass is 10.3. The predicted molar refractivity (Wildman–Crippen MR) is 104 cm³/mol. The monoisotopic (exact) mass is 428 g/mol. The molecule has 0 aliphatic rings. The zero-order valence-electron chi connectivity index (χ0n) is 15.4. The maximum atomic E-state index is 13.5. The van der Waals surface area contributed by atoms with Crippen LogP contribution in [0.1, 0.15) is 0 Å². The average molecular weight is 429 g/mol. The molecule has 0 amide bonds. The summed E-state index contributed by atoms with van der Waals surface area (Å²) in [6, 6.07) is 11.3. The van der Waals surface area contributed by atoms with Gasteiger partial charge in [-0.2, -0.15) is 0 Å². The summed E-state index contributed by atoms with van der Waals surface area (Å²) < 4.78 is 68.9. The Kier molecular flexibility index (Phi) is 6.94. The van der Waals surface area contributed by atoms with Crippen LogP contribution in [-0.4, -0.2) is 47.5 Å². The van der Waals surface area contributed by atoms with E-state index in [1.807, 2.05) is 0 Å². The minimum absolute atomic E-state index is 0.0932. The van der Waals surface area contributed by atoms with Crippen LogP contribution in [0.2, 0.25) is 0 Å². The van der Waals surface area contributed by atoms with Gasteiger partial charge in [0.2, 0.25) is 10.0 Å². The Bertz CT molecular complexity index is 1060. The second-order valence-corrected chi connectivity index (χ2v) is 10.1. The van der Waals surface area contributed by atoms with E-state index in [2.05, 4.69) is 0 Å². The van der Waals surface area contributed by atoms with Gasteiger partial charge in [-0.25, -0.2) is 25.5 Å². The Labute approximate surface area is 164 Å². The highest BCUT2D eigenvalue weighted by atomic mass is 32.2. The number of nitrogens with two attached hydrogens (primary N) is 1. The molecule has 152 valence electrons. The molecule has 0 bridgehead atoms. The van der Waals surface area contributed by atoms with Gasteiger partial charge >= 0.3 is 0 Å². The smallest absolute Gasteiger partial charge is 0.242 e. The highest BCUT2D eigenvalue weighted by Gasteiger charge is 2.19. The number of sulfone groups is 1. The first-order valence-electron chi connectivity index (χ1n) is 8.14. The van der Waals surface area contributed by atoms with E-state index in [1.165, 1.54) is 62.6 Å². The third-order valence-electron chi connectivity index (χ3n) is 3.67. The van der Waals surface area contributed by atoms with Crippen LogP contribution in [0.4, 0.5) is 4.39 Å². The molecule has 2 aromatic rings. The summed E-state index contributed by atoms with van der Waals surface area (Å²) in [7, 11) is -4.60. The molecule has 0 heterocycles. The van der Waals surface area contributed by atoms with Crippen LogP contribution in [0.5, 0.6) is 11.5 Å². The molecule has 2 aromatic carbocycles. The first-order valence-corrected chi connectivity index (χ1v) is 11.2. The predicted octanol–water partition coefficient (Wildman–Crippen LogP) is 2.32. The molecule has 0 fully saturated rings. The molecule has 0 saturated carbocycles. The number of nitrogens with zero attached hydrogens (tertiary/aromatic N) is 1. The van der Waals surface area contributed by atoms with E-state index in [-0.39, 0.29) is 22.1 Å². The van der Waals surface area contributed by atoms with Crippen LogP contribution in [-0.2, 0) is 19.9 Å². The fraction of sp³-hybridized carbons (Fsp3) is 0.222. The molecule has 28 heavy (non-hydrogen) atoms. The summed E-state index contributed by atoms with van der Waals surface area (Å²) in [6.07, 6.45) is 1.00. The van der Waals surface area contributed by atoms with E-state index in [9.17, 15) is 21.2 Å². The van der Waals surface area contributed by atoms with Gasteiger partial charge in [0.05, 0.1) is 9.79 Å². The van der Waals surface area contributed by atoms with Crippen LogP contribution in [0, 0.1) is 0 Å². The Morgan fingerprint density at radius 2 is 1.68 bits per heavy atom. The van der Waals surface area contributed by atoms with Crippen molar-refractivity contribution in [1.29, 1.82) is 0 Å². The largest absolute Gasteiger partial charge is 0.457 e. The van der Waals surface area contributed by atoms with Crippen molar-refractivity contribution < 1.29 is 26.0 Å². The minimum Gasteiger partial charge on any atom is -0.457 e. The first kappa shape index (κ1) is 22.0. The van der Waals surface area contributed by atoms with E-state index in [0.717, 1.165) is 10.4 Å². The van der Waals surface area contributed by atoms with Gasteiger partial charge < -0.3 is 10.5 Å². The Morgan fingerprint density at radius 3 is 2.25 bits per heavy atom. The Morgan fingerprint density at radius 1 is 1.04 bits per heavy atom. The van der Waals surface area contributed by atoms with E-state index in [0.29, 0.717) is 5.75 Å². The normalized spacial score (nSPS) is 13.0. The molecule has 0 spiro atoms. The second-order valence-electron chi connectivity index (χ2n) is 5.98. The summed E-state index contributed by atoms with van der Waals surface area (Å²) in [6.45, 7) is -0.0932. The Balaban J connectivity index is 2.23. The van der Waals surface area contributed by atoms with Gasteiger partial charge in [0.15, 0.2) is 9.84 Å². The summed E-state index contributed by atoms with van der Waals surface area (Å²) >= 11 is 0. The Hall–Kier alpha value is -2.27. The van der Waals surface area contributed by atoms with Crippen molar-refractivity contribution in [3.05, 3.63) is 60.4 Å². The fourth-order valence-corrected chi connectivity index (χ4v) is 4.34. The summed E-state index contributed by atoms with van der Waals surface area (Å²) in [4.78, 5) is 0.000668. The van der Waals surface area contributed by atoms with Crippen LogP contribution in [0.15, 0.2) is 70.2 Å². The minimum atomic E-state index is -3.90. The summed E-state index contributed by atoms with van der Waals surface area (Å²) in [5.74, 6) is -1.08. The van der Waals surface area contributed by atoms with Gasteiger partial charge in [-0.3, -0.25) is 0 Å². The van der Waals surface area contributed by atoms with Gasteiger partial charge in [-0.15, -0.1) is 0 Å². The van der Waals surface area contributed by atoms with E-state index in [4.69, 9.17) is 10.5 Å². The molecule has 0 aliphatic heterocycles. The first-order chi connectivity index (χ1) is 13.1. The van der Waals surface area contributed by atoms with Crippen molar-refractivity contribution in [2.75, 3.05) is 26.4 Å². The second kappa shape index (κ2) is 8.82. The molecule has 0 saturated heterocycles. The van der Waals surface area contributed by atoms with Crippen LogP contribution in [0.3, 0.4) is 0 Å². The molecule has 0 unspecified atom stereocenters. The zero-order chi connectivity index (χ0) is 20.9. The molecule has 10 heteroatoms. The number of ether oxygens (including phenoxy) is 1. The van der Waals surface area contributed by atoms with Crippen molar-refractivity contribution in [2.24, 2.45) is 5.73 Å². The maximum absolute atomic E-state index is 13.5. The standard InChI is InChI=1S/C18H21FN2O5S2/c1-21(2)28(24,25)17-8-6-15(7-9-17)26-16-4-3-5-18(12-16)27(22,23)13-14(19)10-11-20/h3-10,12H,11,13,20H2,1-2H3. The van der Waals surface area contributed by atoms with Gasteiger partial charge in [0.25, 0.3) is 0 Å². The molecule has 0 aliphatic carbocycles. The highest BCUT2D eigenvalue weighted by Crippen LogP contribution is 2.26. The molecule has 2 rings (SSSR count). The van der Waals surface area contributed by atoms with Gasteiger partial charge in [-0.05, 0) is 48.5 Å². The molecule has 7 nitrogen and oxygen atoms in total. The SMILES string of the molecule is CN(C)S(=O)(=O)c1ccc(Oc2cccc(S(=O)(=O)CC(F)=CCN)c2)cc1. The molecular weight excluding hydrogens is 407 g/mol. The third-order valence-corrected chi connectivity index (χ3v) is 7.13. The number of rotatable bonds is 8. The lowest BCUT2D eigenvalue weighted by Crippen LogP contribution is -2.22. The van der Waals surface area contributed by atoms with Crippen LogP contribution < -0.4 is 10.5 Å². The van der Waals surface area contributed by atoms with Crippen molar-refractivity contribution in [2.45, 2.75) is 9.79 Å². The lowest BCUT2D eigenvalue weighted by molar-refractivity contribution is 0.479. The quantitative estimate of drug-likeness (QED) is 0.692. The molecule has 0 aromatic heterocycles. The lowest BCUT2D eigenvalue weighted by Gasteiger charge is -2.12. The van der Waals surface area contributed by atoms with E-state index >= 15 is 0 Å². The third kappa shape index (κ3) is 5.38. The van der Waals surface area contributed by atoms with Crippen molar-refractivity contribution in [1.82, 2.24) is 4.31 Å². The van der Waals surface area contributed by atoms with Crippen LogP contribution >= 0.6 is 0 Å². The van der Waals surface area contributed by atoms with E-state index < -0.39 is 31.4 Å². The van der Waals surface area contributed by atoms with Gasteiger partial charge in [0.1, 0.15) is 23.1 Å². The maximum Gasteiger partial charge on any atom is 0.242 e. The number of hydrogen-bond donors (Lipinski definition) is 1. The molecule has 0 radical (unpaired) electrons. The molecule has 2 N–H and O–H groups in total. The average Bonchev–Trinajstić information content (AvgIpc) is 2.62.